The maximum absolute atomic E-state index is 13.3. The van der Waals surface area contributed by atoms with Gasteiger partial charge in [0.2, 0.25) is 0 Å². The standard InChI is InChI=1S/C9H6ClFS2/c10-3-5-7(12)1-2-8-9(5)6(11)4-13-8/h1-2,4,12H,3H2. The average molecular weight is 233 g/mol. The van der Waals surface area contributed by atoms with Crippen LogP contribution in [0.4, 0.5) is 4.39 Å². The fraction of sp³-hybridized carbons (Fsp3) is 0.111. The molecule has 0 amide bonds. The zero-order chi connectivity index (χ0) is 9.42. The fourth-order valence-corrected chi connectivity index (χ4v) is 2.75. The van der Waals surface area contributed by atoms with Crippen molar-refractivity contribution in [2.45, 2.75) is 10.8 Å². The molecule has 2 rings (SSSR count). The summed E-state index contributed by atoms with van der Waals surface area (Å²) in [6, 6.07) is 3.71. The third-order valence-electron chi connectivity index (χ3n) is 1.91. The number of halogens is 2. The van der Waals surface area contributed by atoms with Crippen LogP contribution in [0.25, 0.3) is 10.1 Å². The Bertz CT molecular complexity index is 450. The number of hydrogen-bond donors (Lipinski definition) is 1. The third kappa shape index (κ3) is 1.45. The molecule has 0 aliphatic rings. The molecule has 0 spiro atoms. The lowest BCUT2D eigenvalue weighted by atomic mass is 10.1. The van der Waals surface area contributed by atoms with Crippen LogP contribution in [0.2, 0.25) is 0 Å². The molecule has 0 radical (unpaired) electrons. The molecule has 0 N–H and O–H groups in total. The molecule has 0 aliphatic heterocycles. The number of benzene rings is 1. The molecule has 0 nitrogen and oxygen atoms in total. The molecule has 0 unspecified atom stereocenters. The van der Waals surface area contributed by atoms with Gasteiger partial charge in [0.15, 0.2) is 0 Å². The lowest BCUT2D eigenvalue weighted by molar-refractivity contribution is 0.643. The fourth-order valence-electron chi connectivity index (χ4n) is 1.28. The van der Waals surface area contributed by atoms with E-state index in [1.807, 2.05) is 12.1 Å². The Morgan fingerprint density at radius 1 is 1.46 bits per heavy atom. The van der Waals surface area contributed by atoms with E-state index in [1.54, 1.807) is 0 Å². The van der Waals surface area contributed by atoms with Crippen LogP contribution in [0, 0.1) is 5.82 Å². The number of thiophene rings is 1. The van der Waals surface area contributed by atoms with E-state index in [0.717, 1.165) is 15.2 Å². The lowest BCUT2D eigenvalue weighted by Crippen LogP contribution is -1.83. The highest BCUT2D eigenvalue weighted by molar-refractivity contribution is 7.80. The SMILES string of the molecule is Fc1csc2ccc(S)c(CCl)c12. The highest BCUT2D eigenvalue weighted by Crippen LogP contribution is 2.32. The van der Waals surface area contributed by atoms with Crippen LogP contribution in [0.5, 0.6) is 0 Å². The van der Waals surface area contributed by atoms with E-state index in [2.05, 4.69) is 12.6 Å². The van der Waals surface area contributed by atoms with E-state index in [0.29, 0.717) is 11.3 Å². The lowest BCUT2D eigenvalue weighted by Gasteiger charge is -2.02. The maximum atomic E-state index is 13.3. The number of rotatable bonds is 1. The van der Waals surface area contributed by atoms with E-state index < -0.39 is 0 Å². The molecule has 0 aliphatic carbocycles. The summed E-state index contributed by atoms with van der Waals surface area (Å²) in [6.45, 7) is 0. The first kappa shape index (κ1) is 9.31. The van der Waals surface area contributed by atoms with Crippen molar-refractivity contribution in [3.8, 4) is 0 Å². The van der Waals surface area contributed by atoms with Gasteiger partial charge in [0.05, 0.1) is 0 Å². The quantitative estimate of drug-likeness (QED) is 0.556. The molecule has 0 saturated carbocycles. The summed E-state index contributed by atoms with van der Waals surface area (Å²) >= 11 is 11.3. The highest BCUT2D eigenvalue weighted by atomic mass is 35.5. The third-order valence-corrected chi connectivity index (χ3v) is 3.52. The first-order valence-corrected chi connectivity index (χ1v) is 5.53. The summed E-state index contributed by atoms with van der Waals surface area (Å²) in [5.41, 5.74) is 0.779. The van der Waals surface area contributed by atoms with Crippen LogP contribution in [0.15, 0.2) is 22.4 Å². The number of alkyl halides is 1. The van der Waals surface area contributed by atoms with E-state index in [4.69, 9.17) is 11.6 Å². The molecule has 0 fully saturated rings. The summed E-state index contributed by atoms with van der Waals surface area (Å²) in [5, 5.41) is 2.11. The topological polar surface area (TPSA) is 0 Å². The van der Waals surface area contributed by atoms with Crippen molar-refractivity contribution in [3.63, 3.8) is 0 Å². The van der Waals surface area contributed by atoms with E-state index in [-0.39, 0.29) is 5.82 Å². The first-order valence-electron chi connectivity index (χ1n) is 3.67. The molecule has 2 aromatic rings. The van der Waals surface area contributed by atoms with Crippen molar-refractivity contribution in [1.82, 2.24) is 0 Å². The minimum atomic E-state index is -0.202. The van der Waals surface area contributed by atoms with Gasteiger partial charge in [0.1, 0.15) is 5.82 Å². The van der Waals surface area contributed by atoms with Gasteiger partial charge in [-0.2, -0.15) is 0 Å². The molecular formula is C9H6ClFS2. The molecular weight excluding hydrogens is 227 g/mol. The smallest absolute Gasteiger partial charge is 0.142 e. The molecule has 1 aromatic carbocycles. The van der Waals surface area contributed by atoms with Gasteiger partial charge in [-0.05, 0) is 17.7 Å². The number of fused-ring (bicyclic) bond motifs is 1. The Kier molecular flexibility index (Phi) is 2.49. The number of hydrogen-bond acceptors (Lipinski definition) is 2. The average Bonchev–Trinajstić information content (AvgIpc) is 2.49. The second-order valence-corrected chi connectivity index (χ2v) is 4.31. The van der Waals surface area contributed by atoms with Crippen molar-refractivity contribution in [3.05, 3.63) is 28.9 Å². The van der Waals surface area contributed by atoms with Crippen LogP contribution in [0.3, 0.4) is 0 Å². The van der Waals surface area contributed by atoms with Gasteiger partial charge < -0.3 is 0 Å². The molecule has 68 valence electrons. The molecule has 1 aromatic heterocycles. The van der Waals surface area contributed by atoms with Gasteiger partial charge in [0, 0.05) is 26.2 Å². The first-order chi connectivity index (χ1) is 6.24. The maximum Gasteiger partial charge on any atom is 0.142 e. The molecule has 13 heavy (non-hydrogen) atoms. The molecule has 4 heteroatoms. The van der Waals surface area contributed by atoms with E-state index in [1.165, 1.54) is 16.7 Å². The highest BCUT2D eigenvalue weighted by Gasteiger charge is 2.10. The van der Waals surface area contributed by atoms with Gasteiger partial charge in [0.25, 0.3) is 0 Å². The summed E-state index contributed by atoms with van der Waals surface area (Å²) in [5.74, 6) is 0.0932. The van der Waals surface area contributed by atoms with E-state index >= 15 is 0 Å². The predicted molar refractivity (Wildman–Crippen MR) is 58.6 cm³/mol. The zero-order valence-corrected chi connectivity index (χ0v) is 9.02. The summed E-state index contributed by atoms with van der Waals surface area (Å²) in [7, 11) is 0. The van der Waals surface area contributed by atoms with Crippen LogP contribution in [-0.4, -0.2) is 0 Å². The van der Waals surface area contributed by atoms with Crippen LogP contribution < -0.4 is 0 Å². The van der Waals surface area contributed by atoms with Crippen LogP contribution in [0.1, 0.15) is 5.56 Å². The molecule has 0 bridgehead atoms. The van der Waals surface area contributed by atoms with Crippen LogP contribution in [-0.2, 0) is 5.88 Å². The van der Waals surface area contributed by atoms with Crippen molar-refractivity contribution in [2.75, 3.05) is 0 Å². The van der Waals surface area contributed by atoms with Gasteiger partial charge in [-0.25, -0.2) is 4.39 Å². The van der Waals surface area contributed by atoms with Gasteiger partial charge >= 0.3 is 0 Å². The van der Waals surface area contributed by atoms with Crippen molar-refractivity contribution < 1.29 is 4.39 Å². The van der Waals surface area contributed by atoms with Crippen molar-refractivity contribution in [1.29, 1.82) is 0 Å². The Hall–Kier alpha value is -0.250. The van der Waals surface area contributed by atoms with Crippen molar-refractivity contribution >= 4 is 45.7 Å². The summed E-state index contributed by atoms with van der Waals surface area (Å²) in [6.07, 6.45) is 0. The minimum absolute atomic E-state index is 0.202. The van der Waals surface area contributed by atoms with Gasteiger partial charge in [-0.15, -0.1) is 35.6 Å². The summed E-state index contributed by atoms with van der Waals surface area (Å²) in [4.78, 5) is 0.750. The normalized spacial score (nSPS) is 11.0. The monoisotopic (exact) mass is 232 g/mol. The number of thiol groups is 1. The summed E-state index contributed by atoms with van der Waals surface area (Å²) < 4.78 is 14.2. The van der Waals surface area contributed by atoms with Gasteiger partial charge in [-0.3, -0.25) is 0 Å². The second-order valence-electron chi connectivity index (χ2n) is 2.65. The Morgan fingerprint density at radius 3 is 2.92 bits per heavy atom. The van der Waals surface area contributed by atoms with Crippen molar-refractivity contribution in [2.24, 2.45) is 0 Å². The zero-order valence-electron chi connectivity index (χ0n) is 6.55. The second kappa shape index (κ2) is 3.48. The van der Waals surface area contributed by atoms with Gasteiger partial charge in [-0.1, -0.05) is 0 Å². The van der Waals surface area contributed by atoms with E-state index in [9.17, 15) is 4.39 Å². The molecule has 1 heterocycles. The predicted octanol–water partition coefficient (Wildman–Crippen LogP) is 4.07. The Balaban J connectivity index is 2.88. The Morgan fingerprint density at radius 2 is 2.23 bits per heavy atom. The largest absolute Gasteiger partial charge is 0.205 e. The van der Waals surface area contributed by atoms with Crippen LogP contribution >= 0.6 is 35.6 Å². The molecule has 0 atom stereocenters. The minimum Gasteiger partial charge on any atom is -0.205 e. The Labute approximate surface area is 89.7 Å². The molecule has 0 saturated heterocycles.